The largest absolute Gasteiger partial charge is 0.398 e. The average molecular weight is 270 g/mol. The van der Waals surface area contributed by atoms with E-state index in [-0.39, 0.29) is 5.82 Å². The first-order valence-electron chi connectivity index (χ1n) is 6.97. The fraction of sp³-hybridized carbons (Fsp3) is 0.294. The van der Waals surface area contributed by atoms with Crippen LogP contribution in [-0.2, 0) is 19.5 Å². The number of hydrogen-bond acceptors (Lipinski definition) is 2. The molecule has 104 valence electrons. The maximum absolute atomic E-state index is 13.4. The van der Waals surface area contributed by atoms with Gasteiger partial charge in [-0.15, -0.1) is 0 Å². The summed E-state index contributed by atoms with van der Waals surface area (Å²) >= 11 is 0. The van der Waals surface area contributed by atoms with Crippen molar-refractivity contribution in [2.75, 3.05) is 12.3 Å². The molecule has 0 unspecified atom stereocenters. The lowest BCUT2D eigenvalue weighted by molar-refractivity contribution is 0.245. The van der Waals surface area contributed by atoms with E-state index < -0.39 is 0 Å². The van der Waals surface area contributed by atoms with Gasteiger partial charge in [-0.25, -0.2) is 4.39 Å². The lowest BCUT2D eigenvalue weighted by Crippen LogP contribution is -2.30. The van der Waals surface area contributed by atoms with E-state index in [9.17, 15) is 4.39 Å². The van der Waals surface area contributed by atoms with Gasteiger partial charge >= 0.3 is 0 Å². The van der Waals surface area contributed by atoms with Crippen molar-refractivity contribution in [3.05, 3.63) is 64.5 Å². The van der Waals surface area contributed by atoms with Gasteiger partial charge in [0.1, 0.15) is 5.82 Å². The van der Waals surface area contributed by atoms with Crippen LogP contribution in [0.15, 0.2) is 36.4 Å². The molecule has 1 aliphatic rings. The van der Waals surface area contributed by atoms with Crippen molar-refractivity contribution in [3.63, 3.8) is 0 Å². The smallest absolute Gasteiger partial charge is 0.123 e. The Hall–Kier alpha value is -1.87. The van der Waals surface area contributed by atoms with Crippen LogP contribution < -0.4 is 5.73 Å². The Morgan fingerprint density at radius 1 is 1.25 bits per heavy atom. The van der Waals surface area contributed by atoms with Gasteiger partial charge in [-0.05, 0) is 53.8 Å². The van der Waals surface area contributed by atoms with Gasteiger partial charge in [0, 0.05) is 25.3 Å². The highest BCUT2D eigenvalue weighted by Crippen LogP contribution is 2.25. The summed E-state index contributed by atoms with van der Waals surface area (Å²) < 4.78 is 13.4. The number of aryl methyl sites for hydroxylation is 1. The summed E-state index contributed by atoms with van der Waals surface area (Å²) in [6, 6.07) is 11.1. The van der Waals surface area contributed by atoms with Crippen LogP contribution in [0.5, 0.6) is 0 Å². The number of hydrogen-bond donors (Lipinski definition) is 1. The Morgan fingerprint density at radius 3 is 2.95 bits per heavy atom. The molecule has 2 aromatic rings. The van der Waals surface area contributed by atoms with Gasteiger partial charge in [0.05, 0.1) is 0 Å². The second kappa shape index (κ2) is 5.25. The summed E-state index contributed by atoms with van der Waals surface area (Å²) in [6.07, 6.45) is 1.01. The molecule has 0 saturated heterocycles. The van der Waals surface area contributed by atoms with Crippen molar-refractivity contribution in [1.82, 2.24) is 4.90 Å². The lowest BCUT2D eigenvalue weighted by Gasteiger charge is -2.30. The first-order chi connectivity index (χ1) is 9.63. The van der Waals surface area contributed by atoms with Gasteiger partial charge in [0.2, 0.25) is 0 Å². The molecule has 0 aliphatic carbocycles. The number of nitrogen functional groups attached to an aromatic ring is 1. The summed E-state index contributed by atoms with van der Waals surface area (Å²) in [7, 11) is 0. The van der Waals surface area contributed by atoms with Crippen LogP contribution in [0.25, 0.3) is 0 Å². The third-order valence-electron chi connectivity index (χ3n) is 4.09. The van der Waals surface area contributed by atoms with E-state index in [1.165, 1.54) is 17.2 Å². The van der Waals surface area contributed by atoms with Crippen LogP contribution >= 0.6 is 0 Å². The fourth-order valence-corrected chi connectivity index (χ4v) is 2.85. The van der Waals surface area contributed by atoms with Crippen LogP contribution in [0.1, 0.15) is 22.3 Å². The molecule has 3 heteroatoms. The molecule has 0 fully saturated rings. The van der Waals surface area contributed by atoms with E-state index in [1.807, 2.05) is 25.1 Å². The molecule has 0 bridgehead atoms. The summed E-state index contributed by atoms with van der Waals surface area (Å²) in [5, 5.41) is 0. The Bertz CT molecular complexity index is 637. The highest BCUT2D eigenvalue weighted by molar-refractivity contribution is 5.51. The van der Waals surface area contributed by atoms with Crippen LogP contribution in [0.3, 0.4) is 0 Å². The van der Waals surface area contributed by atoms with Gasteiger partial charge in [-0.3, -0.25) is 4.90 Å². The van der Waals surface area contributed by atoms with Crippen molar-refractivity contribution in [2.45, 2.75) is 26.4 Å². The van der Waals surface area contributed by atoms with Crippen molar-refractivity contribution in [3.8, 4) is 0 Å². The maximum Gasteiger partial charge on any atom is 0.123 e. The fourth-order valence-electron chi connectivity index (χ4n) is 2.85. The third-order valence-corrected chi connectivity index (χ3v) is 4.09. The Kier molecular flexibility index (Phi) is 3.45. The number of nitrogens with zero attached hydrogens (tertiary/aromatic N) is 1. The molecule has 2 N–H and O–H groups in total. The highest BCUT2D eigenvalue weighted by atomic mass is 19.1. The van der Waals surface area contributed by atoms with Gasteiger partial charge in [0.25, 0.3) is 0 Å². The van der Waals surface area contributed by atoms with E-state index in [2.05, 4.69) is 11.0 Å². The first kappa shape index (κ1) is 13.1. The third kappa shape index (κ3) is 2.54. The number of fused-ring (bicyclic) bond motifs is 1. The second-order valence-electron chi connectivity index (χ2n) is 5.52. The Labute approximate surface area is 119 Å². The Balaban J connectivity index is 1.81. The van der Waals surface area contributed by atoms with Crippen molar-refractivity contribution in [2.24, 2.45) is 0 Å². The standard InChI is InChI=1S/C17H19FN2/c1-12-5-6-15(18)9-14(12)10-20-8-7-13-3-2-4-17(19)16(13)11-20/h2-6,9H,7-8,10-11,19H2,1H3. The van der Waals surface area contributed by atoms with Gasteiger partial charge < -0.3 is 5.73 Å². The number of halogens is 1. The van der Waals surface area contributed by atoms with E-state index in [0.29, 0.717) is 0 Å². The van der Waals surface area contributed by atoms with E-state index in [4.69, 9.17) is 5.73 Å². The molecule has 0 spiro atoms. The lowest BCUT2D eigenvalue weighted by atomic mass is 9.97. The number of anilines is 1. The molecule has 20 heavy (non-hydrogen) atoms. The zero-order valence-corrected chi connectivity index (χ0v) is 11.7. The molecule has 3 rings (SSSR count). The molecular weight excluding hydrogens is 251 g/mol. The van der Waals surface area contributed by atoms with Crippen molar-refractivity contribution in [1.29, 1.82) is 0 Å². The zero-order valence-electron chi connectivity index (χ0n) is 11.7. The number of nitrogens with two attached hydrogens (primary N) is 1. The Morgan fingerprint density at radius 2 is 2.10 bits per heavy atom. The highest BCUT2D eigenvalue weighted by Gasteiger charge is 2.18. The first-order valence-corrected chi connectivity index (χ1v) is 6.97. The average Bonchev–Trinajstić information content (AvgIpc) is 2.44. The second-order valence-corrected chi connectivity index (χ2v) is 5.52. The molecular formula is C17H19FN2. The van der Waals surface area contributed by atoms with E-state index in [0.717, 1.165) is 42.9 Å². The minimum atomic E-state index is -0.164. The van der Waals surface area contributed by atoms with Crippen molar-refractivity contribution < 1.29 is 4.39 Å². The molecule has 2 aromatic carbocycles. The molecule has 0 radical (unpaired) electrons. The maximum atomic E-state index is 13.4. The number of rotatable bonds is 2. The van der Waals surface area contributed by atoms with Gasteiger partial charge in [0.15, 0.2) is 0 Å². The van der Waals surface area contributed by atoms with E-state index in [1.54, 1.807) is 6.07 Å². The molecule has 0 aromatic heterocycles. The van der Waals surface area contributed by atoms with Crippen LogP contribution in [-0.4, -0.2) is 11.4 Å². The minimum Gasteiger partial charge on any atom is -0.398 e. The van der Waals surface area contributed by atoms with E-state index >= 15 is 0 Å². The van der Waals surface area contributed by atoms with Crippen LogP contribution in [0.4, 0.5) is 10.1 Å². The number of benzene rings is 2. The summed E-state index contributed by atoms with van der Waals surface area (Å²) in [4.78, 5) is 2.33. The summed E-state index contributed by atoms with van der Waals surface area (Å²) in [5.74, 6) is -0.164. The molecule has 0 amide bonds. The normalized spacial score (nSPS) is 15.1. The predicted octanol–water partition coefficient (Wildman–Crippen LogP) is 3.27. The summed E-state index contributed by atoms with van der Waals surface area (Å²) in [5.41, 5.74) is 11.7. The van der Waals surface area contributed by atoms with Crippen LogP contribution in [0, 0.1) is 12.7 Å². The molecule has 1 aliphatic heterocycles. The molecule has 0 atom stereocenters. The summed E-state index contributed by atoms with van der Waals surface area (Å²) in [6.45, 7) is 4.64. The predicted molar refractivity (Wildman–Crippen MR) is 79.8 cm³/mol. The SMILES string of the molecule is Cc1ccc(F)cc1CN1CCc2cccc(N)c2C1. The topological polar surface area (TPSA) is 29.3 Å². The van der Waals surface area contributed by atoms with Gasteiger partial charge in [-0.1, -0.05) is 18.2 Å². The molecule has 2 nitrogen and oxygen atoms in total. The molecule has 1 heterocycles. The van der Waals surface area contributed by atoms with Crippen molar-refractivity contribution >= 4 is 5.69 Å². The zero-order chi connectivity index (χ0) is 14.1. The minimum absolute atomic E-state index is 0.164. The monoisotopic (exact) mass is 270 g/mol. The molecule has 0 saturated carbocycles. The quantitative estimate of drug-likeness (QED) is 0.849. The van der Waals surface area contributed by atoms with Gasteiger partial charge in [-0.2, -0.15) is 0 Å². The van der Waals surface area contributed by atoms with Crippen LogP contribution in [0.2, 0.25) is 0 Å².